The predicted molar refractivity (Wildman–Crippen MR) is 122 cm³/mol. The van der Waals surface area contributed by atoms with E-state index in [1.54, 1.807) is 24.3 Å². The van der Waals surface area contributed by atoms with Crippen LogP contribution < -0.4 is 5.32 Å². The van der Waals surface area contributed by atoms with Crippen molar-refractivity contribution in [2.45, 2.75) is 25.9 Å². The van der Waals surface area contributed by atoms with Gasteiger partial charge in [-0.2, -0.15) is 0 Å². The summed E-state index contributed by atoms with van der Waals surface area (Å²) in [7, 11) is 0. The maximum absolute atomic E-state index is 12.4. The van der Waals surface area contributed by atoms with Crippen LogP contribution in [0.15, 0.2) is 53.0 Å². The van der Waals surface area contributed by atoms with Gasteiger partial charge in [0, 0.05) is 16.6 Å². The highest BCUT2D eigenvalue weighted by Crippen LogP contribution is 2.31. The molecule has 2 aromatic carbocycles. The van der Waals surface area contributed by atoms with Crippen LogP contribution >= 0.6 is 23.1 Å². The van der Waals surface area contributed by atoms with Crippen LogP contribution in [0.3, 0.4) is 0 Å². The minimum atomic E-state index is -0.143. The van der Waals surface area contributed by atoms with Crippen molar-refractivity contribution in [3.63, 3.8) is 0 Å². The molecule has 0 bridgehead atoms. The van der Waals surface area contributed by atoms with Gasteiger partial charge in [0.1, 0.15) is 0 Å². The SMILES string of the molecule is CC(=O)c1ccc(NC(=O)CSc2nnc3scc(-c4ccc(C)c(C)c4)n23)cc1. The molecule has 2 heterocycles. The van der Waals surface area contributed by atoms with Crippen LogP contribution in [0.1, 0.15) is 28.4 Å². The van der Waals surface area contributed by atoms with E-state index in [2.05, 4.69) is 52.9 Å². The quantitative estimate of drug-likeness (QED) is 0.340. The molecule has 4 rings (SSSR count). The third kappa shape index (κ3) is 4.15. The molecule has 0 atom stereocenters. The Labute approximate surface area is 182 Å². The Balaban J connectivity index is 1.49. The first-order valence-corrected chi connectivity index (χ1v) is 11.2. The molecule has 4 aromatic rings. The average Bonchev–Trinajstić information content (AvgIpc) is 3.31. The standard InChI is InChI=1S/C22H20N4O2S2/c1-13-4-5-17(10-14(13)2)19-11-29-21-24-25-22(26(19)21)30-12-20(28)23-18-8-6-16(7-9-18)15(3)27/h4-11H,12H2,1-3H3,(H,23,28). The number of benzene rings is 2. The lowest BCUT2D eigenvalue weighted by Crippen LogP contribution is -2.14. The summed E-state index contributed by atoms with van der Waals surface area (Å²) in [5, 5.41) is 14.1. The number of thiazole rings is 1. The molecule has 0 radical (unpaired) electrons. The van der Waals surface area contributed by atoms with Crippen LogP contribution in [0.25, 0.3) is 16.2 Å². The van der Waals surface area contributed by atoms with Gasteiger partial charge in [-0.15, -0.1) is 21.5 Å². The summed E-state index contributed by atoms with van der Waals surface area (Å²) in [6.07, 6.45) is 0. The topological polar surface area (TPSA) is 76.4 Å². The molecule has 1 amide bonds. The van der Waals surface area contributed by atoms with Gasteiger partial charge in [-0.1, -0.05) is 23.9 Å². The van der Waals surface area contributed by atoms with Crippen molar-refractivity contribution in [2.24, 2.45) is 0 Å². The predicted octanol–water partition coefficient (Wildman–Crippen LogP) is 5.01. The van der Waals surface area contributed by atoms with Crippen molar-refractivity contribution >= 4 is 45.4 Å². The molecule has 8 heteroatoms. The van der Waals surface area contributed by atoms with E-state index in [4.69, 9.17) is 0 Å². The summed E-state index contributed by atoms with van der Waals surface area (Å²) >= 11 is 2.87. The molecule has 0 saturated carbocycles. The second kappa shape index (κ2) is 8.41. The van der Waals surface area contributed by atoms with E-state index >= 15 is 0 Å². The fraction of sp³-hybridized carbons (Fsp3) is 0.182. The molecule has 1 N–H and O–H groups in total. The first-order chi connectivity index (χ1) is 14.4. The van der Waals surface area contributed by atoms with Crippen molar-refractivity contribution in [1.29, 1.82) is 0 Å². The first-order valence-electron chi connectivity index (χ1n) is 9.36. The number of hydrogen-bond donors (Lipinski definition) is 1. The Bertz CT molecular complexity index is 1240. The molecule has 0 aliphatic rings. The highest BCUT2D eigenvalue weighted by atomic mass is 32.2. The summed E-state index contributed by atoms with van der Waals surface area (Å²) in [6.45, 7) is 5.70. The molecule has 0 aliphatic heterocycles. The lowest BCUT2D eigenvalue weighted by Gasteiger charge is -2.07. The zero-order valence-corrected chi connectivity index (χ0v) is 18.4. The molecule has 152 valence electrons. The summed E-state index contributed by atoms with van der Waals surface area (Å²) < 4.78 is 1.99. The van der Waals surface area contributed by atoms with E-state index in [1.807, 2.05) is 4.40 Å². The average molecular weight is 437 g/mol. The zero-order chi connectivity index (χ0) is 21.3. The van der Waals surface area contributed by atoms with E-state index in [0.717, 1.165) is 16.2 Å². The van der Waals surface area contributed by atoms with Crippen molar-refractivity contribution in [3.05, 3.63) is 64.5 Å². The smallest absolute Gasteiger partial charge is 0.234 e. The van der Waals surface area contributed by atoms with E-state index in [-0.39, 0.29) is 17.4 Å². The van der Waals surface area contributed by atoms with Crippen molar-refractivity contribution in [2.75, 3.05) is 11.1 Å². The first kappa shape index (κ1) is 20.3. The normalized spacial score (nSPS) is 11.0. The molecule has 0 spiro atoms. The number of fused-ring (bicyclic) bond motifs is 1. The number of hydrogen-bond acceptors (Lipinski definition) is 6. The summed E-state index contributed by atoms with van der Waals surface area (Å²) in [5.74, 6) is 0.0576. The largest absolute Gasteiger partial charge is 0.325 e. The summed E-state index contributed by atoms with van der Waals surface area (Å²) in [5.41, 5.74) is 5.86. The van der Waals surface area contributed by atoms with E-state index in [0.29, 0.717) is 16.4 Å². The molecular formula is C22H20N4O2S2. The van der Waals surface area contributed by atoms with Gasteiger partial charge in [-0.25, -0.2) is 0 Å². The fourth-order valence-corrected chi connectivity index (χ4v) is 4.65. The van der Waals surface area contributed by atoms with Gasteiger partial charge in [0.05, 0.1) is 11.4 Å². The fourth-order valence-electron chi connectivity index (χ4n) is 3.01. The van der Waals surface area contributed by atoms with Crippen LogP contribution in [0.2, 0.25) is 0 Å². The van der Waals surface area contributed by atoms with Crippen molar-refractivity contribution in [3.8, 4) is 11.3 Å². The number of anilines is 1. The molecule has 0 fully saturated rings. The number of amides is 1. The number of ketones is 1. The number of nitrogens with zero attached hydrogens (tertiary/aromatic N) is 3. The Morgan fingerprint density at radius 3 is 2.53 bits per heavy atom. The monoisotopic (exact) mass is 436 g/mol. The van der Waals surface area contributed by atoms with Gasteiger partial charge in [0.25, 0.3) is 0 Å². The maximum atomic E-state index is 12.4. The number of aryl methyl sites for hydroxylation is 2. The van der Waals surface area contributed by atoms with Gasteiger partial charge >= 0.3 is 0 Å². The third-order valence-corrected chi connectivity index (χ3v) is 6.58. The molecule has 6 nitrogen and oxygen atoms in total. The number of aromatic nitrogens is 3. The third-order valence-electron chi connectivity index (χ3n) is 4.83. The lowest BCUT2D eigenvalue weighted by molar-refractivity contribution is -0.113. The van der Waals surface area contributed by atoms with Gasteiger partial charge in [0.15, 0.2) is 10.9 Å². The molecule has 30 heavy (non-hydrogen) atoms. The highest BCUT2D eigenvalue weighted by Gasteiger charge is 2.16. The number of thioether (sulfide) groups is 1. The Hall–Kier alpha value is -2.97. The van der Waals surface area contributed by atoms with Crippen LogP contribution in [-0.2, 0) is 4.79 Å². The van der Waals surface area contributed by atoms with E-state index in [9.17, 15) is 9.59 Å². The maximum Gasteiger partial charge on any atom is 0.234 e. The van der Waals surface area contributed by atoms with Crippen molar-refractivity contribution < 1.29 is 9.59 Å². The Morgan fingerprint density at radius 1 is 1.07 bits per heavy atom. The molecule has 2 aromatic heterocycles. The zero-order valence-electron chi connectivity index (χ0n) is 16.8. The van der Waals surface area contributed by atoms with Crippen molar-refractivity contribution in [1.82, 2.24) is 14.6 Å². The number of Topliss-reactive ketones (excluding diaryl/α,β-unsaturated/α-hetero) is 1. The van der Waals surface area contributed by atoms with Gasteiger partial charge in [-0.3, -0.25) is 14.0 Å². The van der Waals surface area contributed by atoms with Crippen LogP contribution in [-0.4, -0.2) is 32.0 Å². The number of carbonyl (C=O) groups is 2. The number of nitrogens with one attached hydrogen (secondary N) is 1. The second-order valence-electron chi connectivity index (χ2n) is 6.99. The molecule has 0 saturated heterocycles. The highest BCUT2D eigenvalue weighted by molar-refractivity contribution is 7.99. The minimum Gasteiger partial charge on any atom is -0.325 e. The van der Waals surface area contributed by atoms with Crippen LogP contribution in [0.5, 0.6) is 0 Å². The lowest BCUT2D eigenvalue weighted by atomic mass is 10.1. The van der Waals surface area contributed by atoms with E-state index in [1.165, 1.54) is 41.1 Å². The van der Waals surface area contributed by atoms with Gasteiger partial charge < -0.3 is 5.32 Å². The Morgan fingerprint density at radius 2 is 1.83 bits per heavy atom. The van der Waals surface area contributed by atoms with Crippen LogP contribution in [0, 0.1) is 13.8 Å². The van der Waals surface area contributed by atoms with Gasteiger partial charge in [-0.05, 0) is 67.8 Å². The van der Waals surface area contributed by atoms with Crippen LogP contribution in [0.4, 0.5) is 5.69 Å². The van der Waals surface area contributed by atoms with Gasteiger partial charge in [0.2, 0.25) is 10.9 Å². The second-order valence-corrected chi connectivity index (χ2v) is 8.77. The summed E-state index contributed by atoms with van der Waals surface area (Å²) in [4.78, 5) is 24.5. The number of rotatable bonds is 6. The number of carbonyl (C=O) groups excluding carboxylic acids is 2. The van der Waals surface area contributed by atoms with E-state index < -0.39 is 0 Å². The molecular weight excluding hydrogens is 416 g/mol. The minimum absolute atomic E-state index is 0.00501. The Kier molecular flexibility index (Phi) is 5.69. The summed E-state index contributed by atoms with van der Waals surface area (Å²) in [6, 6.07) is 13.2. The molecule has 0 unspecified atom stereocenters. The molecule has 0 aliphatic carbocycles.